The van der Waals surface area contributed by atoms with Crippen molar-refractivity contribution in [2.24, 2.45) is 0 Å². The topological polar surface area (TPSA) is 61.4 Å². The van der Waals surface area contributed by atoms with E-state index in [1.807, 2.05) is 30.3 Å². The van der Waals surface area contributed by atoms with Gasteiger partial charge in [-0.05, 0) is 18.6 Å². The molecule has 1 fully saturated rings. The van der Waals surface area contributed by atoms with Crippen LogP contribution in [0, 0.1) is 0 Å². The second-order valence-corrected chi connectivity index (χ2v) is 4.92. The molecule has 0 aromatic heterocycles. The van der Waals surface area contributed by atoms with Gasteiger partial charge in [-0.3, -0.25) is 14.9 Å². The van der Waals surface area contributed by atoms with E-state index in [1.165, 1.54) is 0 Å². The zero-order valence-electron chi connectivity index (χ0n) is 11.8. The lowest BCUT2D eigenvalue weighted by Gasteiger charge is -2.30. The molecule has 2 amide bonds. The summed E-state index contributed by atoms with van der Waals surface area (Å²) < 4.78 is 0. The molecular weight excluding hydrogens is 254 g/mol. The van der Waals surface area contributed by atoms with Crippen molar-refractivity contribution in [2.45, 2.75) is 25.8 Å². The van der Waals surface area contributed by atoms with Gasteiger partial charge in [0.15, 0.2) is 0 Å². The number of piperazine rings is 1. The van der Waals surface area contributed by atoms with Crippen molar-refractivity contribution in [1.29, 1.82) is 0 Å². The molecule has 1 atom stereocenters. The van der Waals surface area contributed by atoms with Crippen molar-refractivity contribution in [3.63, 3.8) is 0 Å². The maximum atomic E-state index is 12.6. The molecule has 1 heterocycles. The molecule has 1 aromatic rings. The Balaban J connectivity index is 2.09. The predicted octanol–water partition coefficient (Wildman–Crippen LogP) is 0.908. The van der Waals surface area contributed by atoms with Gasteiger partial charge in [-0.2, -0.15) is 0 Å². The van der Waals surface area contributed by atoms with Gasteiger partial charge in [0.2, 0.25) is 11.8 Å². The molecule has 5 nitrogen and oxygen atoms in total. The van der Waals surface area contributed by atoms with Crippen LogP contribution >= 0.6 is 0 Å². The van der Waals surface area contributed by atoms with Gasteiger partial charge in [-0.15, -0.1) is 0 Å². The first kappa shape index (κ1) is 14.5. The molecule has 20 heavy (non-hydrogen) atoms. The summed E-state index contributed by atoms with van der Waals surface area (Å²) in [4.78, 5) is 25.6. The van der Waals surface area contributed by atoms with Crippen LogP contribution in [0.2, 0.25) is 0 Å². The van der Waals surface area contributed by atoms with Gasteiger partial charge in [-0.25, -0.2) is 0 Å². The minimum absolute atomic E-state index is 0.0182. The zero-order chi connectivity index (χ0) is 14.4. The summed E-state index contributed by atoms with van der Waals surface area (Å²) >= 11 is 0. The van der Waals surface area contributed by atoms with Crippen LogP contribution in [-0.2, 0) is 9.59 Å². The monoisotopic (exact) mass is 275 g/mol. The predicted molar refractivity (Wildman–Crippen MR) is 78.5 cm³/mol. The number of carbonyl (C=O) groups excluding carboxylic acids is 2. The van der Waals surface area contributed by atoms with E-state index in [0.717, 1.165) is 18.5 Å². The molecule has 0 aliphatic carbocycles. The number of para-hydroxylation sites is 1. The fraction of sp³-hybridized carbons (Fsp3) is 0.467. The Kier molecular flexibility index (Phi) is 5.12. The lowest BCUT2D eigenvalue weighted by atomic mass is 10.1. The Morgan fingerprint density at radius 3 is 2.70 bits per heavy atom. The SMILES string of the molecule is CCCCN(C(=O)C1CNC(=O)CN1)c1ccccc1. The molecule has 1 aliphatic heterocycles. The van der Waals surface area contributed by atoms with Gasteiger partial charge < -0.3 is 10.2 Å². The van der Waals surface area contributed by atoms with Crippen LogP contribution in [-0.4, -0.2) is 37.5 Å². The maximum Gasteiger partial charge on any atom is 0.245 e. The number of unbranched alkanes of at least 4 members (excludes halogenated alkanes) is 1. The minimum atomic E-state index is -0.343. The van der Waals surface area contributed by atoms with Gasteiger partial charge in [0, 0.05) is 18.8 Å². The highest BCUT2D eigenvalue weighted by atomic mass is 16.2. The Bertz CT molecular complexity index is 451. The van der Waals surface area contributed by atoms with Crippen LogP contribution in [0.25, 0.3) is 0 Å². The van der Waals surface area contributed by atoms with Gasteiger partial charge in [-0.1, -0.05) is 31.5 Å². The van der Waals surface area contributed by atoms with E-state index in [2.05, 4.69) is 17.6 Å². The van der Waals surface area contributed by atoms with Gasteiger partial charge in [0.1, 0.15) is 6.04 Å². The lowest BCUT2D eigenvalue weighted by Crippen LogP contribution is -2.59. The molecule has 1 aliphatic rings. The van der Waals surface area contributed by atoms with Crippen molar-refractivity contribution < 1.29 is 9.59 Å². The molecule has 1 saturated heterocycles. The summed E-state index contributed by atoms with van der Waals surface area (Å²) in [6, 6.07) is 9.33. The summed E-state index contributed by atoms with van der Waals surface area (Å²) in [7, 11) is 0. The molecule has 2 rings (SSSR count). The third-order valence-electron chi connectivity index (χ3n) is 3.38. The summed E-state index contributed by atoms with van der Waals surface area (Å²) in [5, 5.41) is 5.72. The van der Waals surface area contributed by atoms with E-state index in [9.17, 15) is 9.59 Å². The Hall–Kier alpha value is -1.88. The van der Waals surface area contributed by atoms with Crippen LogP contribution < -0.4 is 15.5 Å². The number of nitrogens with one attached hydrogen (secondary N) is 2. The summed E-state index contributed by atoms with van der Waals surface area (Å²) in [6.07, 6.45) is 1.99. The van der Waals surface area contributed by atoms with Gasteiger partial charge >= 0.3 is 0 Å². The summed E-state index contributed by atoms with van der Waals surface area (Å²) in [6.45, 7) is 3.36. The van der Waals surface area contributed by atoms with Crippen molar-refractivity contribution >= 4 is 17.5 Å². The van der Waals surface area contributed by atoms with Gasteiger partial charge in [0.25, 0.3) is 0 Å². The van der Waals surface area contributed by atoms with Gasteiger partial charge in [0.05, 0.1) is 6.54 Å². The van der Waals surface area contributed by atoms with Crippen molar-refractivity contribution in [3.8, 4) is 0 Å². The number of anilines is 1. The quantitative estimate of drug-likeness (QED) is 0.839. The van der Waals surface area contributed by atoms with E-state index in [1.54, 1.807) is 4.90 Å². The first-order valence-corrected chi connectivity index (χ1v) is 7.09. The van der Waals surface area contributed by atoms with Crippen molar-refractivity contribution in [1.82, 2.24) is 10.6 Å². The second-order valence-electron chi connectivity index (χ2n) is 4.92. The standard InChI is InChI=1S/C15H21N3O2/c1-2-3-9-18(12-7-5-4-6-8-12)15(20)13-10-17-14(19)11-16-13/h4-8,13,16H,2-3,9-11H2,1H3,(H,17,19). The van der Waals surface area contributed by atoms with Crippen molar-refractivity contribution in [2.75, 3.05) is 24.5 Å². The van der Waals surface area contributed by atoms with E-state index in [-0.39, 0.29) is 24.4 Å². The summed E-state index contributed by atoms with van der Waals surface area (Å²) in [5.41, 5.74) is 0.907. The second kappa shape index (κ2) is 7.05. The van der Waals surface area contributed by atoms with Crippen LogP contribution in [0.5, 0.6) is 0 Å². The molecule has 5 heteroatoms. The number of benzene rings is 1. The Morgan fingerprint density at radius 2 is 2.10 bits per heavy atom. The molecule has 0 spiro atoms. The normalized spacial score (nSPS) is 18.4. The molecule has 108 valence electrons. The number of hydrogen-bond acceptors (Lipinski definition) is 3. The first-order valence-electron chi connectivity index (χ1n) is 7.09. The van der Waals surface area contributed by atoms with Crippen LogP contribution in [0.3, 0.4) is 0 Å². The highest BCUT2D eigenvalue weighted by molar-refractivity contribution is 5.98. The van der Waals surface area contributed by atoms with Crippen LogP contribution in [0.1, 0.15) is 19.8 Å². The fourth-order valence-corrected chi connectivity index (χ4v) is 2.22. The van der Waals surface area contributed by atoms with E-state index in [4.69, 9.17) is 0 Å². The first-order chi connectivity index (χ1) is 9.72. The lowest BCUT2D eigenvalue weighted by molar-refractivity contribution is -0.125. The molecule has 1 unspecified atom stereocenters. The zero-order valence-corrected chi connectivity index (χ0v) is 11.8. The smallest absolute Gasteiger partial charge is 0.245 e. The molecular formula is C15H21N3O2. The van der Waals surface area contributed by atoms with Crippen LogP contribution in [0.4, 0.5) is 5.69 Å². The Morgan fingerprint density at radius 1 is 1.35 bits per heavy atom. The molecule has 0 saturated carbocycles. The largest absolute Gasteiger partial charge is 0.353 e. The average Bonchev–Trinajstić information content (AvgIpc) is 2.49. The highest BCUT2D eigenvalue weighted by Crippen LogP contribution is 2.15. The van der Waals surface area contributed by atoms with E-state index in [0.29, 0.717) is 13.1 Å². The average molecular weight is 275 g/mol. The third kappa shape index (κ3) is 3.57. The number of amides is 2. The highest BCUT2D eigenvalue weighted by Gasteiger charge is 2.28. The molecule has 0 radical (unpaired) electrons. The van der Waals surface area contributed by atoms with E-state index < -0.39 is 0 Å². The molecule has 1 aromatic carbocycles. The number of nitrogens with zero attached hydrogens (tertiary/aromatic N) is 1. The van der Waals surface area contributed by atoms with E-state index >= 15 is 0 Å². The maximum absolute atomic E-state index is 12.6. The fourth-order valence-electron chi connectivity index (χ4n) is 2.22. The number of carbonyl (C=O) groups is 2. The van der Waals surface area contributed by atoms with Crippen LogP contribution in [0.15, 0.2) is 30.3 Å². The van der Waals surface area contributed by atoms with Crippen molar-refractivity contribution in [3.05, 3.63) is 30.3 Å². The third-order valence-corrected chi connectivity index (χ3v) is 3.38. The molecule has 0 bridgehead atoms. The Labute approximate surface area is 119 Å². The molecule has 2 N–H and O–H groups in total. The summed E-state index contributed by atoms with van der Waals surface area (Å²) in [5.74, 6) is -0.0430. The number of hydrogen-bond donors (Lipinski definition) is 2. The number of rotatable bonds is 5. The minimum Gasteiger partial charge on any atom is -0.353 e.